The summed E-state index contributed by atoms with van der Waals surface area (Å²) in [4.78, 5) is 16.8. The van der Waals surface area contributed by atoms with Crippen LogP contribution in [-0.2, 0) is 21.2 Å². The molecular weight excluding hydrogens is 445 g/mol. The van der Waals surface area contributed by atoms with Gasteiger partial charge in [0.1, 0.15) is 5.82 Å². The molecule has 2 heterocycles. The van der Waals surface area contributed by atoms with Crippen LogP contribution in [0.15, 0.2) is 58.0 Å². The number of nitrogens with one attached hydrogen (secondary N) is 1. The molecule has 0 radical (unpaired) electrons. The van der Waals surface area contributed by atoms with E-state index >= 15 is 0 Å². The van der Waals surface area contributed by atoms with Crippen LogP contribution in [-0.4, -0.2) is 36.7 Å². The summed E-state index contributed by atoms with van der Waals surface area (Å²) >= 11 is 0. The fraction of sp³-hybridized carbons (Fsp3) is 0.333. The smallest absolute Gasteiger partial charge is 0.243 e. The molecule has 3 aromatic rings. The highest BCUT2D eigenvalue weighted by atomic mass is 32.2. The third-order valence-electron chi connectivity index (χ3n) is 5.66. The second kappa shape index (κ2) is 9.84. The first kappa shape index (κ1) is 23.1. The zero-order valence-electron chi connectivity index (χ0n) is 18.4. The van der Waals surface area contributed by atoms with Gasteiger partial charge >= 0.3 is 0 Å². The van der Waals surface area contributed by atoms with Crippen LogP contribution in [0.5, 0.6) is 0 Å². The minimum Gasteiger partial charge on any atom is -0.441 e. The number of aryl methyl sites for hydroxylation is 2. The van der Waals surface area contributed by atoms with Crippen LogP contribution in [0.1, 0.15) is 37.1 Å². The van der Waals surface area contributed by atoms with Gasteiger partial charge in [-0.1, -0.05) is 24.6 Å². The van der Waals surface area contributed by atoms with Crippen molar-refractivity contribution in [1.29, 1.82) is 0 Å². The minimum absolute atomic E-state index is 0.0826. The van der Waals surface area contributed by atoms with Crippen molar-refractivity contribution in [2.75, 3.05) is 18.4 Å². The van der Waals surface area contributed by atoms with E-state index < -0.39 is 15.8 Å². The molecule has 0 aliphatic carbocycles. The molecule has 4 rings (SSSR count). The molecule has 1 aliphatic heterocycles. The maximum Gasteiger partial charge on any atom is 0.243 e. The number of anilines is 1. The molecule has 1 N–H and O–H groups in total. The number of sulfonamides is 1. The highest BCUT2D eigenvalue weighted by Gasteiger charge is 2.27. The van der Waals surface area contributed by atoms with Crippen LogP contribution in [0, 0.1) is 12.7 Å². The molecule has 2 aromatic carbocycles. The zero-order chi connectivity index (χ0) is 23.4. The zero-order valence-corrected chi connectivity index (χ0v) is 19.2. The summed E-state index contributed by atoms with van der Waals surface area (Å²) in [6.45, 7) is 2.78. The maximum absolute atomic E-state index is 13.9. The van der Waals surface area contributed by atoms with Gasteiger partial charge in [-0.25, -0.2) is 17.8 Å². The Morgan fingerprint density at radius 2 is 1.91 bits per heavy atom. The van der Waals surface area contributed by atoms with Gasteiger partial charge in [-0.3, -0.25) is 4.79 Å². The summed E-state index contributed by atoms with van der Waals surface area (Å²) in [7, 11) is -3.61. The van der Waals surface area contributed by atoms with Crippen LogP contribution in [0.25, 0.3) is 11.3 Å². The van der Waals surface area contributed by atoms with E-state index in [2.05, 4.69) is 10.3 Å². The predicted molar refractivity (Wildman–Crippen MR) is 123 cm³/mol. The second-order valence-corrected chi connectivity index (χ2v) is 10.00. The van der Waals surface area contributed by atoms with E-state index in [1.54, 1.807) is 37.3 Å². The third kappa shape index (κ3) is 5.31. The van der Waals surface area contributed by atoms with Crippen LogP contribution >= 0.6 is 0 Å². The van der Waals surface area contributed by atoms with E-state index in [-0.39, 0.29) is 23.6 Å². The van der Waals surface area contributed by atoms with Crippen molar-refractivity contribution >= 4 is 21.6 Å². The van der Waals surface area contributed by atoms with Crippen molar-refractivity contribution in [3.63, 3.8) is 0 Å². The lowest BCUT2D eigenvalue weighted by Crippen LogP contribution is -2.36. The van der Waals surface area contributed by atoms with Crippen LogP contribution in [0.2, 0.25) is 0 Å². The molecule has 0 spiro atoms. The Kier molecular flexibility index (Phi) is 6.90. The summed E-state index contributed by atoms with van der Waals surface area (Å²) in [5.41, 5.74) is 1.36. The lowest BCUT2D eigenvalue weighted by Gasteiger charge is -2.26. The quantitative estimate of drug-likeness (QED) is 0.546. The molecule has 0 atom stereocenters. The summed E-state index contributed by atoms with van der Waals surface area (Å²) < 4.78 is 47.1. The highest BCUT2D eigenvalue weighted by molar-refractivity contribution is 7.89. The minimum atomic E-state index is -3.61. The van der Waals surface area contributed by atoms with E-state index in [1.165, 1.54) is 22.6 Å². The SMILES string of the molecule is Cc1ccc(NC(=O)CCc2ncc(-c3ccccc3F)o2)cc1S(=O)(=O)N1CCCCC1. The van der Waals surface area contributed by atoms with E-state index in [1.807, 2.05) is 0 Å². The number of hydrogen-bond acceptors (Lipinski definition) is 5. The molecule has 1 saturated heterocycles. The molecule has 1 aliphatic rings. The molecule has 7 nitrogen and oxygen atoms in total. The number of oxazole rings is 1. The number of carbonyl (C=O) groups is 1. The third-order valence-corrected chi connectivity index (χ3v) is 7.70. The average Bonchev–Trinajstić information content (AvgIpc) is 3.28. The standard InChI is InChI=1S/C24H26FN3O4S/c1-17-9-10-18(15-22(17)33(30,31)28-13-5-2-6-14-28)27-23(29)11-12-24-26-16-21(32-24)19-7-3-4-8-20(19)25/h3-4,7-10,15-16H,2,5-6,11-14H2,1H3,(H,27,29). The number of rotatable bonds is 7. The lowest BCUT2D eigenvalue weighted by atomic mass is 10.2. The molecule has 9 heteroatoms. The average molecular weight is 472 g/mol. The van der Waals surface area contributed by atoms with E-state index in [0.717, 1.165) is 19.3 Å². The normalized spacial score (nSPS) is 14.8. The number of piperidine rings is 1. The Morgan fingerprint density at radius 1 is 1.15 bits per heavy atom. The Balaban J connectivity index is 1.40. The Labute approximate surface area is 192 Å². The Bertz CT molecular complexity index is 1250. The fourth-order valence-electron chi connectivity index (χ4n) is 3.86. The number of halogens is 1. The van der Waals surface area contributed by atoms with E-state index in [9.17, 15) is 17.6 Å². The van der Waals surface area contributed by atoms with Gasteiger partial charge in [-0.15, -0.1) is 0 Å². The van der Waals surface area contributed by atoms with Gasteiger partial charge in [0.2, 0.25) is 15.9 Å². The van der Waals surface area contributed by atoms with Gasteiger partial charge in [0.05, 0.1) is 16.7 Å². The first-order valence-corrected chi connectivity index (χ1v) is 12.4. The van der Waals surface area contributed by atoms with Gasteiger partial charge in [-0.2, -0.15) is 4.31 Å². The number of amides is 1. The van der Waals surface area contributed by atoms with Crippen molar-refractivity contribution in [1.82, 2.24) is 9.29 Å². The van der Waals surface area contributed by atoms with Gasteiger partial charge < -0.3 is 9.73 Å². The first-order valence-electron chi connectivity index (χ1n) is 10.9. The van der Waals surface area contributed by atoms with Gasteiger partial charge in [0.25, 0.3) is 0 Å². The molecular formula is C24H26FN3O4S. The van der Waals surface area contributed by atoms with E-state index in [4.69, 9.17) is 4.42 Å². The number of nitrogens with zero attached hydrogens (tertiary/aromatic N) is 2. The Morgan fingerprint density at radius 3 is 2.67 bits per heavy atom. The highest BCUT2D eigenvalue weighted by Crippen LogP contribution is 2.27. The van der Waals surface area contributed by atoms with Crippen LogP contribution in [0.4, 0.5) is 10.1 Å². The topological polar surface area (TPSA) is 92.5 Å². The fourth-order valence-corrected chi connectivity index (χ4v) is 5.62. The predicted octanol–water partition coefficient (Wildman–Crippen LogP) is 4.54. The van der Waals surface area contributed by atoms with Crippen molar-refractivity contribution in [3.05, 3.63) is 65.9 Å². The largest absolute Gasteiger partial charge is 0.441 e. The summed E-state index contributed by atoms with van der Waals surface area (Å²) in [6, 6.07) is 11.1. The first-order chi connectivity index (χ1) is 15.8. The van der Waals surface area contributed by atoms with Crippen LogP contribution in [0.3, 0.4) is 0 Å². The number of aromatic nitrogens is 1. The molecule has 33 heavy (non-hydrogen) atoms. The van der Waals surface area contributed by atoms with Crippen molar-refractivity contribution in [2.24, 2.45) is 0 Å². The van der Waals surface area contributed by atoms with Gasteiger partial charge in [0.15, 0.2) is 11.7 Å². The summed E-state index contributed by atoms with van der Waals surface area (Å²) in [5.74, 6) is -0.0892. The molecule has 1 fully saturated rings. The number of benzene rings is 2. The van der Waals surface area contributed by atoms with Gasteiger partial charge in [0, 0.05) is 31.6 Å². The monoisotopic (exact) mass is 471 g/mol. The van der Waals surface area contributed by atoms with E-state index in [0.29, 0.717) is 41.6 Å². The molecule has 0 bridgehead atoms. The maximum atomic E-state index is 13.9. The molecule has 0 unspecified atom stereocenters. The van der Waals surface area contributed by atoms with Crippen molar-refractivity contribution < 1.29 is 22.0 Å². The van der Waals surface area contributed by atoms with Crippen LogP contribution < -0.4 is 5.32 Å². The number of carbonyl (C=O) groups excluding carboxylic acids is 1. The Hall–Kier alpha value is -3.04. The molecule has 1 amide bonds. The van der Waals surface area contributed by atoms with Gasteiger partial charge in [-0.05, 0) is 49.6 Å². The summed E-state index contributed by atoms with van der Waals surface area (Å²) in [6.07, 6.45) is 4.49. The summed E-state index contributed by atoms with van der Waals surface area (Å²) in [5, 5.41) is 2.75. The molecule has 1 aromatic heterocycles. The second-order valence-electron chi connectivity index (χ2n) is 8.09. The number of hydrogen-bond donors (Lipinski definition) is 1. The lowest BCUT2D eigenvalue weighted by molar-refractivity contribution is -0.116. The molecule has 0 saturated carbocycles. The molecule has 174 valence electrons. The van der Waals surface area contributed by atoms with Crippen molar-refractivity contribution in [3.8, 4) is 11.3 Å². The van der Waals surface area contributed by atoms with Crippen molar-refractivity contribution in [2.45, 2.75) is 43.9 Å².